The predicted octanol–water partition coefficient (Wildman–Crippen LogP) is 2.79. The van der Waals surface area contributed by atoms with E-state index in [1.54, 1.807) is 24.3 Å². The van der Waals surface area contributed by atoms with Crippen molar-refractivity contribution in [3.63, 3.8) is 0 Å². The third-order valence-electron chi connectivity index (χ3n) is 3.91. The Labute approximate surface area is 170 Å². The van der Waals surface area contributed by atoms with Gasteiger partial charge in [0.25, 0.3) is 0 Å². The Morgan fingerprint density at radius 2 is 1.90 bits per heavy atom. The van der Waals surface area contributed by atoms with Gasteiger partial charge in [-0.15, -0.1) is 0 Å². The van der Waals surface area contributed by atoms with Crippen molar-refractivity contribution in [3.8, 4) is 0 Å². The summed E-state index contributed by atoms with van der Waals surface area (Å²) in [4.78, 5) is 49.0. The normalized spacial score (nSPS) is 12.3. The molecule has 0 spiro atoms. The van der Waals surface area contributed by atoms with Crippen LogP contribution < -0.4 is 5.63 Å². The summed E-state index contributed by atoms with van der Waals surface area (Å²) >= 11 is 0. The van der Waals surface area contributed by atoms with E-state index in [0.717, 1.165) is 0 Å². The summed E-state index contributed by atoms with van der Waals surface area (Å²) < 4.78 is 15.6. The molecule has 1 amide bonds. The summed E-state index contributed by atoms with van der Waals surface area (Å²) in [7, 11) is 1.48. The topological polar surface area (TPSA) is 103 Å². The number of rotatable bonds is 8. The van der Waals surface area contributed by atoms with Gasteiger partial charge in [-0.25, -0.2) is 4.79 Å². The molecule has 0 bridgehead atoms. The largest absolute Gasteiger partial charge is 0.456 e. The van der Waals surface area contributed by atoms with Crippen molar-refractivity contribution in [2.45, 2.75) is 39.0 Å². The van der Waals surface area contributed by atoms with E-state index in [0.29, 0.717) is 16.5 Å². The number of esters is 1. The van der Waals surface area contributed by atoms with E-state index in [2.05, 4.69) is 0 Å². The van der Waals surface area contributed by atoms with Gasteiger partial charge < -0.3 is 18.6 Å². The van der Waals surface area contributed by atoms with Crippen LogP contribution in [0.2, 0.25) is 0 Å². The SMILES string of the molecule is CC(=O)OC(CN(C)C(=O)CC(=O)OPC(C)C)c1cc(=O)oc2ccccc12. The molecule has 0 saturated heterocycles. The highest BCUT2D eigenvalue weighted by Gasteiger charge is 2.24. The van der Waals surface area contributed by atoms with Crippen molar-refractivity contribution < 1.29 is 28.1 Å². The molecule has 0 radical (unpaired) electrons. The zero-order chi connectivity index (χ0) is 21.6. The summed E-state index contributed by atoms with van der Waals surface area (Å²) in [5.74, 6) is -1.65. The van der Waals surface area contributed by atoms with Crippen LogP contribution in [0, 0.1) is 0 Å². The number of hydrogen-bond acceptors (Lipinski definition) is 7. The Hall–Kier alpha value is -2.73. The molecule has 8 nitrogen and oxygen atoms in total. The molecule has 2 atom stereocenters. The highest BCUT2D eigenvalue weighted by molar-refractivity contribution is 7.33. The van der Waals surface area contributed by atoms with E-state index in [1.165, 1.54) is 24.9 Å². The number of nitrogens with zero attached hydrogens (tertiary/aromatic N) is 1. The minimum Gasteiger partial charge on any atom is -0.456 e. The number of likely N-dealkylation sites (N-methyl/N-ethyl adjacent to an activating group) is 1. The molecule has 2 unspecified atom stereocenters. The quantitative estimate of drug-likeness (QED) is 0.279. The van der Waals surface area contributed by atoms with Crippen molar-refractivity contribution >= 4 is 37.6 Å². The number of amides is 1. The molecule has 0 aliphatic heterocycles. The lowest BCUT2D eigenvalue weighted by molar-refractivity contribution is -0.151. The van der Waals surface area contributed by atoms with Crippen LogP contribution in [0.1, 0.15) is 38.9 Å². The minimum atomic E-state index is -0.899. The fraction of sp³-hybridized carbons (Fsp3) is 0.400. The van der Waals surface area contributed by atoms with Crippen molar-refractivity contribution in [3.05, 3.63) is 46.3 Å². The molecular weight excluding hydrogens is 397 g/mol. The lowest BCUT2D eigenvalue weighted by atomic mass is 10.0. The number of carbonyl (C=O) groups is 3. The third kappa shape index (κ3) is 6.68. The van der Waals surface area contributed by atoms with Crippen molar-refractivity contribution in [2.24, 2.45) is 0 Å². The Morgan fingerprint density at radius 3 is 2.55 bits per heavy atom. The smallest absolute Gasteiger partial charge is 0.336 e. The maximum Gasteiger partial charge on any atom is 0.336 e. The van der Waals surface area contributed by atoms with Gasteiger partial charge in [0.1, 0.15) is 18.1 Å². The maximum absolute atomic E-state index is 12.4. The van der Waals surface area contributed by atoms with Gasteiger partial charge in [0.2, 0.25) is 5.91 Å². The molecule has 0 fully saturated rings. The fourth-order valence-electron chi connectivity index (χ4n) is 2.63. The number of ether oxygens (including phenoxy) is 1. The summed E-state index contributed by atoms with van der Waals surface area (Å²) in [5, 5.41) is 0.594. The molecule has 1 aromatic heterocycles. The van der Waals surface area contributed by atoms with Gasteiger partial charge in [0.05, 0.1) is 15.4 Å². The van der Waals surface area contributed by atoms with E-state index < -0.39 is 36.0 Å². The number of fused-ring (bicyclic) bond motifs is 1. The standard InChI is InChI=1S/C20H24NO7P/c1-12(2)29-28-20(25)10-18(23)21(4)11-17(26-13(3)22)15-9-19(24)27-16-8-6-5-7-14(15)16/h5-9,12,17,29H,10-11H2,1-4H3. The first-order valence-electron chi connectivity index (χ1n) is 9.06. The van der Waals surface area contributed by atoms with E-state index in [-0.39, 0.29) is 21.0 Å². The van der Waals surface area contributed by atoms with Crippen LogP contribution in [0.3, 0.4) is 0 Å². The molecule has 0 aliphatic rings. The minimum absolute atomic E-state index is 0.0151. The third-order valence-corrected chi connectivity index (χ3v) is 4.72. The van der Waals surface area contributed by atoms with Gasteiger partial charge in [-0.05, 0) is 6.07 Å². The zero-order valence-corrected chi connectivity index (χ0v) is 17.8. The van der Waals surface area contributed by atoms with E-state index >= 15 is 0 Å². The number of hydrogen-bond donors (Lipinski definition) is 0. The first-order chi connectivity index (χ1) is 13.7. The molecule has 1 heterocycles. The lowest BCUT2D eigenvalue weighted by Gasteiger charge is -2.24. The predicted molar refractivity (Wildman–Crippen MR) is 109 cm³/mol. The van der Waals surface area contributed by atoms with Crippen LogP contribution in [0.15, 0.2) is 39.5 Å². The summed E-state index contributed by atoms with van der Waals surface area (Å²) in [6, 6.07) is 8.08. The Balaban J connectivity index is 2.21. The van der Waals surface area contributed by atoms with E-state index in [9.17, 15) is 19.2 Å². The van der Waals surface area contributed by atoms with Gasteiger partial charge in [-0.2, -0.15) is 0 Å². The van der Waals surface area contributed by atoms with Crippen LogP contribution >= 0.6 is 8.81 Å². The van der Waals surface area contributed by atoms with Gasteiger partial charge in [-0.3, -0.25) is 14.4 Å². The molecule has 29 heavy (non-hydrogen) atoms. The Bertz CT molecular complexity index is 953. The van der Waals surface area contributed by atoms with Crippen molar-refractivity contribution in [1.29, 1.82) is 0 Å². The van der Waals surface area contributed by atoms with Crippen LogP contribution in [0.25, 0.3) is 11.0 Å². The first-order valence-corrected chi connectivity index (χ1v) is 10.0. The first kappa shape index (κ1) is 22.6. The number of carbonyl (C=O) groups excluding carboxylic acids is 3. The second-order valence-electron chi connectivity index (χ2n) is 6.81. The summed E-state index contributed by atoms with van der Waals surface area (Å²) in [5.41, 5.74) is 0.372. The van der Waals surface area contributed by atoms with Gasteiger partial charge >= 0.3 is 17.6 Å². The number of para-hydroxylation sites is 1. The van der Waals surface area contributed by atoms with Gasteiger partial charge in [0, 0.05) is 36.6 Å². The molecule has 156 valence electrons. The number of benzene rings is 1. The van der Waals surface area contributed by atoms with Crippen molar-refractivity contribution in [2.75, 3.05) is 13.6 Å². The highest BCUT2D eigenvalue weighted by atomic mass is 31.1. The van der Waals surface area contributed by atoms with Crippen LogP contribution in [-0.4, -0.2) is 42.0 Å². The molecule has 0 saturated carbocycles. The van der Waals surface area contributed by atoms with Gasteiger partial charge in [-0.1, -0.05) is 32.0 Å². The van der Waals surface area contributed by atoms with E-state index in [4.69, 9.17) is 13.7 Å². The molecule has 0 N–H and O–H groups in total. The fourth-order valence-corrected chi connectivity index (χ4v) is 3.07. The summed E-state index contributed by atoms with van der Waals surface area (Å²) in [6.45, 7) is 5.02. The van der Waals surface area contributed by atoms with Crippen LogP contribution in [0.5, 0.6) is 0 Å². The lowest BCUT2D eigenvalue weighted by Crippen LogP contribution is -2.34. The van der Waals surface area contributed by atoms with Crippen molar-refractivity contribution in [1.82, 2.24) is 4.90 Å². The zero-order valence-electron chi connectivity index (χ0n) is 16.8. The second kappa shape index (κ2) is 10.2. The average Bonchev–Trinajstić information content (AvgIpc) is 2.64. The molecule has 9 heteroatoms. The summed E-state index contributed by atoms with van der Waals surface area (Å²) in [6.07, 6.45) is -1.32. The van der Waals surface area contributed by atoms with Gasteiger partial charge in [0.15, 0.2) is 0 Å². The van der Waals surface area contributed by atoms with E-state index in [1.807, 2.05) is 13.8 Å². The molecular formula is C20H24NO7P. The van der Waals surface area contributed by atoms with Crippen LogP contribution in [-0.2, 0) is 23.6 Å². The maximum atomic E-state index is 12.4. The second-order valence-corrected chi connectivity index (χ2v) is 8.41. The monoisotopic (exact) mass is 421 g/mol. The van der Waals surface area contributed by atoms with Crippen LogP contribution in [0.4, 0.5) is 0 Å². The molecule has 2 aromatic rings. The molecule has 0 aliphatic carbocycles. The Kier molecular flexibility index (Phi) is 7.91. The molecule has 2 rings (SSSR count). The highest BCUT2D eigenvalue weighted by Crippen LogP contribution is 2.26. The average molecular weight is 421 g/mol. The Morgan fingerprint density at radius 1 is 1.21 bits per heavy atom. The molecule has 1 aromatic carbocycles.